The topological polar surface area (TPSA) is 15.3 Å². The molecule has 0 spiro atoms. The molecule has 18 heavy (non-hydrogen) atoms. The molecule has 4 heteroatoms. The molecule has 1 saturated heterocycles. The summed E-state index contributed by atoms with van der Waals surface area (Å²) in [4.78, 5) is 2.48. The molecule has 2 rings (SSSR count). The van der Waals surface area contributed by atoms with Gasteiger partial charge in [0.25, 0.3) is 0 Å². The van der Waals surface area contributed by atoms with E-state index in [4.69, 9.17) is 0 Å². The molecular weight excluding hydrogens is 267 g/mol. The molecule has 0 aliphatic carbocycles. The summed E-state index contributed by atoms with van der Waals surface area (Å²) in [6, 6.07) is 9.09. The fourth-order valence-electron chi connectivity index (χ4n) is 2.31. The highest BCUT2D eigenvalue weighted by Gasteiger charge is 2.18. The molecule has 1 aliphatic heterocycles. The summed E-state index contributed by atoms with van der Waals surface area (Å²) in [5, 5.41) is 3.38. The van der Waals surface area contributed by atoms with Gasteiger partial charge in [-0.3, -0.25) is 4.90 Å². The molecule has 0 saturated carbocycles. The second-order valence-electron chi connectivity index (χ2n) is 4.38. The van der Waals surface area contributed by atoms with Gasteiger partial charge < -0.3 is 5.32 Å². The molecule has 1 aliphatic rings. The fourth-order valence-corrected chi connectivity index (χ4v) is 2.31. The van der Waals surface area contributed by atoms with E-state index in [1.165, 1.54) is 11.1 Å². The minimum Gasteiger partial charge on any atom is -0.314 e. The predicted molar refractivity (Wildman–Crippen MR) is 83.1 cm³/mol. The molecule has 2 nitrogen and oxygen atoms in total. The van der Waals surface area contributed by atoms with E-state index in [0.29, 0.717) is 6.04 Å². The maximum Gasteiger partial charge on any atom is 0.0530 e. The Kier molecular flexibility index (Phi) is 8.29. The van der Waals surface area contributed by atoms with Crippen LogP contribution in [0.15, 0.2) is 36.9 Å². The van der Waals surface area contributed by atoms with Crippen LogP contribution in [0, 0.1) is 6.92 Å². The summed E-state index contributed by atoms with van der Waals surface area (Å²) in [6.07, 6.45) is 2.06. The average Bonchev–Trinajstić information content (AvgIpc) is 2.31. The third kappa shape index (κ3) is 4.29. The van der Waals surface area contributed by atoms with Crippen molar-refractivity contribution in [2.24, 2.45) is 0 Å². The standard InChI is InChI=1S/C14H20N2.2ClH/c1-3-14(16-9-7-15-8-10-16)13-6-4-5-12(2)11-13;;/h3-6,11,14-15H,1,7-10H2,2H3;2*1H/t14-;;/m0../s1. The predicted octanol–water partition coefficient (Wildman–Crippen LogP) is 2.97. The van der Waals surface area contributed by atoms with Crippen LogP contribution in [0.3, 0.4) is 0 Å². The van der Waals surface area contributed by atoms with Crippen molar-refractivity contribution in [3.8, 4) is 0 Å². The van der Waals surface area contributed by atoms with Crippen molar-refractivity contribution in [1.82, 2.24) is 10.2 Å². The Morgan fingerprint density at radius 1 is 1.28 bits per heavy atom. The second kappa shape index (κ2) is 8.54. The highest BCUT2D eigenvalue weighted by Crippen LogP contribution is 2.22. The SMILES string of the molecule is C=C[C@@H](c1cccc(C)c1)N1CCNCC1.Cl.Cl. The van der Waals surface area contributed by atoms with Crippen molar-refractivity contribution in [2.45, 2.75) is 13.0 Å². The zero-order valence-corrected chi connectivity index (χ0v) is 12.4. The number of halogens is 2. The van der Waals surface area contributed by atoms with Crippen molar-refractivity contribution >= 4 is 24.8 Å². The smallest absolute Gasteiger partial charge is 0.0530 e. The number of hydrogen-bond acceptors (Lipinski definition) is 2. The third-order valence-electron chi connectivity index (χ3n) is 3.15. The number of benzene rings is 1. The maximum atomic E-state index is 3.98. The number of rotatable bonds is 3. The van der Waals surface area contributed by atoms with Gasteiger partial charge in [0.15, 0.2) is 0 Å². The number of nitrogens with one attached hydrogen (secondary N) is 1. The molecule has 1 heterocycles. The monoisotopic (exact) mass is 288 g/mol. The molecule has 0 unspecified atom stereocenters. The normalized spacial score (nSPS) is 17.2. The van der Waals surface area contributed by atoms with Crippen molar-refractivity contribution in [3.63, 3.8) is 0 Å². The van der Waals surface area contributed by atoms with Gasteiger partial charge in [-0.1, -0.05) is 35.9 Å². The molecule has 1 atom stereocenters. The minimum atomic E-state index is 0. The second-order valence-corrected chi connectivity index (χ2v) is 4.38. The summed E-state index contributed by atoms with van der Waals surface area (Å²) in [6.45, 7) is 10.5. The molecule has 0 amide bonds. The van der Waals surface area contributed by atoms with Gasteiger partial charge >= 0.3 is 0 Å². The molecule has 0 radical (unpaired) electrons. The molecule has 102 valence electrons. The van der Waals surface area contributed by atoms with E-state index in [1.807, 2.05) is 0 Å². The summed E-state index contributed by atoms with van der Waals surface area (Å²) in [7, 11) is 0. The first-order chi connectivity index (χ1) is 7.81. The summed E-state index contributed by atoms with van der Waals surface area (Å²) in [5.41, 5.74) is 2.68. The largest absolute Gasteiger partial charge is 0.314 e. The first kappa shape index (κ1) is 17.5. The van der Waals surface area contributed by atoms with Crippen LogP contribution in [0.4, 0.5) is 0 Å². The van der Waals surface area contributed by atoms with Crippen molar-refractivity contribution in [3.05, 3.63) is 48.0 Å². The summed E-state index contributed by atoms with van der Waals surface area (Å²) < 4.78 is 0. The highest BCUT2D eigenvalue weighted by atomic mass is 35.5. The zero-order chi connectivity index (χ0) is 11.4. The minimum absolute atomic E-state index is 0. The van der Waals surface area contributed by atoms with Crippen LogP contribution in [0.5, 0.6) is 0 Å². The average molecular weight is 289 g/mol. The van der Waals surface area contributed by atoms with Crippen LogP contribution in [-0.4, -0.2) is 31.1 Å². The van der Waals surface area contributed by atoms with E-state index < -0.39 is 0 Å². The van der Waals surface area contributed by atoms with E-state index in [-0.39, 0.29) is 24.8 Å². The van der Waals surface area contributed by atoms with Gasteiger partial charge in [0.2, 0.25) is 0 Å². The van der Waals surface area contributed by atoms with Crippen LogP contribution >= 0.6 is 24.8 Å². The molecule has 1 fully saturated rings. The van der Waals surface area contributed by atoms with Gasteiger partial charge in [-0.15, -0.1) is 31.4 Å². The number of hydrogen-bond donors (Lipinski definition) is 1. The van der Waals surface area contributed by atoms with Crippen LogP contribution in [0.2, 0.25) is 0 Å². The van der Waals surface area contributed by atoms with E-state index in [9.17, 15) is 0 Å². The Labute approximate surface area is 122 Å². The molecular formula is C14H22Cl2N2. The Bertz CT molecular complexity index is 363. The summed E-state index contributed by atoms with van der Waals surface area (Å²) in [5.74, 6) is 0. The lowest BCUT2D eigenvalue weighted by Gasteiger charge is -2.33. The molecule has 1 aromatic carbocycles. The number of nitrogens with zero attached hydrogens (tertiary/aromatic N) is 1. The van der Waals surface area contributed by atoms with Crippen LogP contribution in [0.25, 0.3) is 0 Å². The van der Waals surface area contributed by atoms with Crippen LogP contribution in [0.1, 0.15) is 17.2 Å². The van der Waals surface area contributed by atoms with Crippen molar-refractivity contribution in [1.29, 1.82) is 0 Å². The van der Waals surface area contributed by atoms with Gasteiger partial charge in [0.1, 0.15) is 0 Å². The van der Waals surface area contributed by atoms with Gasteiger partial charge in [-0.2, -0.15) is 0 Å². The van der Waals surface area contributed by atoms with Gasteiger partial charge in [0, 0.05) is 26.2 Å². The highest BCUT2D eigenvalue weighted by molar-refractivity contribution is 5.85. The fraction of sp³-hybridized carbons (Fsp3) is 0.429. The van der Waals surface area contributed by atoms with Gasteiger partial charge in [0.05, 0.1) is 6.04 Å². The number of aryl methyl sites for hydroxylation is 1. The van der Waals surface area contributed by atoms with E-state index in [0.717, 1.165) is 26.2 Å². The molecule has 1 aromatic rings. The lowest BCUT2D eigenvalue weighted by molar-refractivity contribution is 0.203. The Morgan fingerprint density at radius 3 is 2.50 bits per heavy atom. The van der Waals surface area contributed by atoms with Crippen LogP contribution < -0.4 is 5.32 Å². The van der Waals surface area contributed by atoms with E-state index in [1.54, 1.807) is 0 Å². The Hall–Kier alpha value is -0.540. The number of piperazine rings is 1. The van der Waals surface area contributed by atoms with Crippen molar-refractivity contribution in [2.75, 3.05) is 26.2 Å². The first-order valence-electron chi connectivity index (χ1n) is 5.95. The lowest BCUT2D eigenvalue weighted by Crippen LogP contribution is -2.44. The van der Waals surface area contributed by atoms with Gasteiger partial charge in [-0.05, 0) is 12.5 Å². The first-order valence-corrected chi connectivity index (χ1v) is 5.95. The molecule has 0 aromatic heterocycles. The Balaban J connectivity index is 0.00000144. The molecule has 1 N–H and O–H groups in total. The quantitative estimate of drug-likeness (QED) is 0.861. The van der Waals surface area contributed by atoms with E-state index >= 15 is 0 Å². The van der Waals surface area contributed by atoms with Crippen LogP contribution in [-0.2, 0) is 0 Å². The molecule has 0 bridgehead atoms. The third-order valence-corrected chi connectivity index (χ3v) is 3.15. The zero-order valence-electron chi connectivity index (χ0n) is 10.8. The van der Waals surface area contributed by atoms with E-state index in [2.05, 4.69) is 54.1 Å². The Morgan fingerprint density at radius 2 is 1.94 bits per heavy atom. The summed E-state index contributed by atoms with van der Waals surface area (Å²) >= 11 is 0. The van der Waals surface area contributed by atoms with Crippen molar-refractivity contribution < 1.29 is 0 Å². The maximum absolute atomic E-state index is 3.98. The lowest BCUT2D eigenvalue weighted by atomic mass is 10.0. The van der Waals surface area contributed by atoms with Gasteiger partial charge in [-0.25, -0.2) is 0 Å².